The standard InChI is InChI=1S/C24H20FN3O2/c25-20-14-8-7-13-19(20)22(16-26)27-23(29)15-21(17-9-3-1-4-10-17)28-24(30)18-11-5-2-6-12-18/h1-14,21-22H,15H2,(H,27,29)(H,28,30). The Bertz CT molecular complexity index is 1050. The van der Waals surface area contributed by atoms with Gasteiger partial charge in [-0.15, -0.1) is 0 Å². The lowest BCUT2D eigenvalue weighted by Crippen LogP contribution is -2.35. The van der Waals surface area contributed by atoms with E-state index in [2.05, 4.69) is 10.6 Å². The molecule has 30 heavy (non-hydrogen) atoms. The van der Waals surface area contributed by atoms with Gasteiger partial charge in [0.15, 0.2) is 0 Å². The molecule has 0 aliphatic carbocycles. The monoisotopic (exact) mass is 401 g/mol. The number of rotatable bonds is 7. The summed E-state index contributed by atoms with van der Waals surface area (Å²) in [6.45, 7) is 0. The van der Waals surface area contributed by atoms with Crippen molar-refractivity contribution < 1.29 is 14.0 Å². The van der Waals surface area contributed by atoms with Gasteiger partial charge in [0, 0.05) is 11.1 Å². The van der Waals surface area contributed by atoms with Gasteiger partial charge in [-0.1, -0.05) is 66.7 Å². The smallest absolute Gasteiger partial charge is 0.251 e. The highest BCUT2D eigenvalue weighted by Crippen LogP contribution is 2.20. The summed E-state index contributed by atoms with van der Waals surface area (Å²) in [5.41, 5.74) is 1.31. The highest BCUT2D eigenvalue weighted by molar-refractivity contribution is 5.94. The first-order valence-corrected chi connectivity index (χ1v) is 9.42. The maximum absolute atomic E-state index is 14.0. The topological polar surface area (TPSA) is 82.0 Å². The van der Waals surface area contributed by atoms with Crippen LogP contribution in [0.4, 0.5) is 4.39 Å². The van der Waals surface area contributed by atoms with E-state index in [-0.39, 0.29) is 17.9 Å². The number of hydrogen-bond acceptors (Lipinski definition) is 3. The van der Waals surface area contributed by atoms with E-state index < -0.39 is 23.8 Å². The first kappa shape index (κ1) is 20.7. The molecule has 0 spiro atoms. The van der Waals surface area contributed by atoms with Crippen LogP contribution in [-0.4, -0.2) is 11.8 Å². The van der Waals surface area contributed by atoms with E-state index in [0.717, 1.165) is 5.56 Å². The van der Waals surface area contributed by atoms with Gasteiger partial charge in [0.1, 0.15) is 11.9 Å². The molecule has 0 fully saturated rings. The second kappa shape index (κ2) is 9.99. The predicted octanol–water partition coefficient (Wildman–Crippen LogP) is 4.07. The Labute approximate surface area is 174 Å². The first-order chi connectivity index (χ1) is 14.6. The number of amides is 2. The lowest BCUT2D eigenvalue weighted by molar-refractivity contribution is -0.122. The molecule has 2 amide bonds. The number of nitrogens with zero attached hydrogens (tertiary/aromatic N) is 1. The van der Waals surface area contributed by atoms with Crippen molar-refractivity contribution in [2.24, 2.45) is 0 Å². The van der Waals surface area contributed by atoms with Crippen LogP contribution in [0.5, 0.6) is 0 Å². The molecule has 2 N–H and O–H groups in total. The average Bonchev–Trinajstić information content (AvgIpc) is 2.78. The summed E-state index contributed by atoms with van der Waals surface area (Å²) >= 11 is 0. The number of hydrogen-bond donors (Lipinski definition) is 2. The number of carbonyl (C=O) groups is 2. The van der Waals surface area contributed by atoms with Crippen LogP contribution >= 0.6 is 0 Å². The molecule has 6 heteroatoms. The molecule has 0 radical (unpaired) electrons. The fourth-order valence-corrected chi connectivity index (χ4v) is 3.06. The summed E-state index contributed by atoms with van der Waals surface area (Å²) in [4.78, 5) is 25.3. The Kier molecular flexibility index (Phi) is 6.91. The number of halogens is 1. The minimum Gasteiger partial charge on any atom is -0.345 e. The van der Waals surface area contributed by atoms with Crippen LogP contribution < -0.4 is 10.6 Å². The van der Waals surface area contributed by atoms with Gasteiger partial charge in [-0.25, -0.2) is 4.39 Å². The lowest BCUT2D eigenvalue weighted by Gasteiger charge is -2.20. The van der Waals surface area contributed by atoms with Gasteiger partial charge in [-0.2, -0.15) is 5.26 Å². The normalized spacial score (nSPS) is 12.3. The molecule has 0 aromatic heterocycles. The van der Waals surface area contributed by atoms with Crippen molar-refractivity contribution in [3.8, 4) is 6.07 Å². The Morgan fingerprint density at radius 3 is 2.10 bits per heavy atom. The molecule has 150 valence electrons. The SMILES string of the molecule is N#CC(NC(=O)CC(NC(=O)c1ccccc1)c1ccccc1)c1ccccc1F. The third kappa shape index (κ3) is 5.30. The van der Waals surface area contributed by atoms with Gasteiger partial charge < -0.3 is 10.6 Å². The van der Waals surface area contributed by atoms with Gasteiger partial charge in [0.25, 0.3) is 5.91 Å². The summed E-state index contributed by atoms with van der Waals surface area (Å²) < 4.78 is 14.0. The van der Waals surface area contributed by atoms with Crippen LogP contribution in [0.1, 0.15) is 40.0 Å². The third-order valence-electron chi connectivity index (χ3n) is 4.58. The van der Waals surface area contributed by atoms with E-state index >= 15 is 0 Å². The summed E-state index contributed by atoms with van der Waals surface area (Å²) in [7, 11) is 0. The molecular formula is C24H20FN3O2. The average molecular weight is 401 g/mol. The molecule has 5 nitrogen and oxygen atoms in total. The quantitative estimate of drug-likeness (QED) is 0.626. The molecule has 0 aliphatic rings. The van der Waals surface area contributed by atoms with Gasteiger partial charge >= 0.3 is 0 Å². The van der Waals surface area contributed by atoms with Crippen LogP contribution in [0.3, 0.4) is 0 Å². The summed E-state index contributed by atoms with van der Waals surface area (Å²) in [5.74, 6) is -1.36. The Balaban J connectivity index is 1.76. The van der Waals surface area contributed by atoms with Crippen LogP contribution in [0.15, 0.2) is 84.9 Å². The van der Waals surface area contributed by atoms with Gasteiger partial charge in [-0.05, 0) is 23.8 Å². The molecule has 3 aromatic carbocycles. The largest absolute Gasteiger partial charge is 0.345 e. The minimum absolute atomic E-state index is 0.0953. The third-order valence-corrected chi connectivity index (χ3v) is 4.58. The van der Waals surface area contributed by atoms with E-state index in [0.29, 0.717) is 5.56 Å². The van der Waals surface area contributed by atoms with E-state index in [9.17, 15) is 19.2 Å². The molecule has 0 aliphatic heterocycles. The number of nitrogens with one attached hydrogen (secondary N) is 2. The highest BCUT2D eigenvalue weighted by Gasteiger charge is 2.22. The van der Waals surface area contributed by atoms with Crippen LogP contribution in [-0.2, 0) is 4.79 Å². The lowest BCUT2D eigenvalue weighted by atomic mass is 10.0. The maximum atomic E-state index is 14.0. The van der Waals surface area contributed by atoms with E-state index in [1.807, 2.05) is 42.5 Å². The van der Waals surface area contributed by atoms with Crippen LogP contribution in [0.2, 0.25) is 0 Å². The zero-order valence-corrected chi connectivity index (χ0v) is 16.1. The fourth-order valence-electron chi connectivity index (χ4n) is 3.06. The molecule has 0 bridgehead atoms. The highest BCUT2D eigenvalue weighted by atomic mass is 19.1. The van der Waals surface area contributed by atoms with E-state index in [4.69, 9.17) is 0 Å². The summed E-state index contributed by atoms with van der Waals surface area (Å²) in [6.07, 6.45) is -0.102. The summed E-state index contributed by atoms with van der Waals surface area (Å²) in [6, 6.07) is 23.7. The molecular weight excluding hydrogens is 381 g/mol. The van der Waals surface area contributed by atoms with Crippen molar-refractivity contribution in [3.63, 3.8) is 0 Å². The number of carbonyl (C=O) groups excluding carboxylic acids is 2. The van der Waals surface area contributed by atoms with E-state index in [1.165, 1.54) is 18.2 Å². The predicted molar refractivity (Wildman–Crippen MR) is 111 cm³/mol. The molecule has 3 aromatic rings. The van der Waals surface area contributed by atoms with Crippen molar-refractivity contribution in [2.45, 2.75) is 18.5 Å². The van der Waals surface area contributed by atoms with Crippen LogP contribution in [0, 0.1) is 17.1 Å². The van der Waals surface area contributed by atoms with Crippen molar-refractivity contribution in [3.05, 3.63) is 107 Å². The molecule has 0 saturated heterocycles. The number of nitriles is 1. The molecule has 2 unspecified atom stereocenters. The molecule has 0 saturated carbocycles. The molecule has 3 rings (SSSR count). The van der Waals surface area contributed by atoms with Gasteiger partial charge in [0.05, 0.1) is 18.5 Å². The van der Waals surface area contributed by atoms with Gasteiger partial charge in [-0.3, -0.25) is 9.59 Å². The Morgan fingerprint density at radius 2 is 1.47 bits per heavy atom. The zero-order chi connectivity index (χ0) is 21.3. The summed E-state index contributed by atoms with van der Waals surface area (Å²) in [5, 5.41) is 14.8. The van der Waals surface area contributed by atoms with Crippen molar-refractivity contribution in [1.82, 2.24) is 10.6 Å². The van der Waals surface area contributed by atoms with Crippen LogP contribution in [0.25, 0.3) is 0 Å². The van der Waals surface area contributed by atoms with Crippen molar-refractivity contribution in [1.29, 1.82) is 5.26 Å². The zero-order valence-electron chi connectivity index (χ0n) is 16.1. The van der Waals surface area contributed by atoms with Gasteiger partial charge in [0.2, 0.25) is 5.91 Å². The Hall–Kier alpha value is -3.98. The second-order valence-electron chi connectivity index (χ2n) is 6.66. The maximum Gasteiger partial charge on any atom is 0.251 e. The molecule has 2 atom stereocenters. The number of benzene rings is 3. The second-order valence-corrected chi connectivity index (χ2v) is 6.66. The van der Waals surface area contributed by atoms with Crippen molar-refractivity contribution in [2.75, 3.05) is 0 Å². The fraction of sp³-hybridized carbons (Fsp3) is 0.125. The Morgan fingerprint density at radius 1 is 0.867 bits per heavy atom. The molecule has 0 heterocycles. The first-order valence-electron chi connectivity index (χ1n) is 9.42. The van der Waals surface area contributed by atoms with E-state index in [1.54, 1.807) is 30.3 Å². The minimum atomic E-state index is -1.13. The van der Waals surface area contributed by atoms with Crippen molar-refractivity contribution >= 4 is 11.8 Å².